The van der Waals surface area contributed by atoms with Crippen LogP contribution in [0, 0.1) is 6.92 Å². The van der Waals surface area contributed by atoms with E-state index in [1.54, 1.807) is 7.11 Å². The Balaban J connectivity index is 2.64. The third-order valence-electron chi connectivity index (χ3n) is 3.58. The van der Waals surface area contributed by atoms with E-state index in [4.69, 9.17) is 9.47 Å². The summed E-state index contributed by atoms with van der Waals surface area (Å²) in [6.07, 6.45) is 0.744. The topological polar surface area (TPSA) is 35.5 Å². The summed E-state index contributed by atoms with van der Waals surface area (Å²) in [5, 5.41) is 0. The van der Waals surface area contributed by atoms with Gasteiger partial charge in [0.2, 0.25) is 0 Å². The smallest absolute Gasteiger partial charge is 0.194 e. The number of aryl methyl sites for hydroxylation is 1. The van der Waals surface area contributed by atoms with E-state index in [0.717, 1.165) is 12.0 Å². The van der Waals surface area contributed by atoms with Crippen LogP contribution in [0.4, 0.5) is 0 Å². The first kappa shape index (κ1) is 16.9. The number of hydrogen-bond donors (Lipinski definition) is 0. The maximum atomic E-state index is 12.4. The molecule has 20 heavy (non-hydrogen) atoms. The molecule has 0 heterocycles. The van der Waals surface area contributed by atoms with Crippen molar-refractivity contribution in [2.75, 3.05) is 13.7 Å². The number of Topliss-reactive ketones (excluding diaryl/α,β-unsaturated/α-hetero) is 1. The molecule has 0 spiro atoms. The number of hydrogen-bond acceptors (Lipinski definition) is 3. The van der Waals surface area contributed by atoms with Gasteiger partial charge in [-0.25, -0.2) is 0 Å². The second kappa shape index (κ2) is 6.51. The van der Waals surface area contributed by atoms with Gasteiger partial charge in [0.1, 0.15) is 5.60 Å². The van der Waals surface area contributed by atoms with Crippen molar-refractivity contribution < 1.29 is 14.3 Å². The predicted octanol–water partition coefficient (Wildman–Crippen LogP) is 3.79. The molecule has 0 amide bonds. The number of carbonyl (C=O) groups excluding carboxylic acids is 1. The standard InChI is InChI=1S/C17H26O3/c1-13-7-9-14(10-8-13)15(18)17(4,5)20-12-11-16(2,3)19-6/h7-10H,11-12H2,1-6H3. The highest BCUT2D eigenvalue weighted by Gasteiger charge is 2.30. The van der Waals surface area contributed by atoms with Gasteiger partial charge in [-0.05, 0) is 41.0 Å². The molecular weight excluding hydrogens is 252 g/mol. The van der Waals surface area contributed by atoms with E-state index in [2.05, 4.69) is 0 Å². The van der Waals surface area contributed by atoms with E-state index < -0.39 is 5.60 Å². The molecule has 0 saturated carbocycles. The van der Waals surface area contributed by atoms with Gasteiger partial charge in [0, 0.05) is 12.7 Å². The minimum atomic E-state index is -0.820. The van der Waals surface area contributed by atoms with Crippen molar-refractivity contribution in [3.05, 3.63) is 35.4 Å². The van der Waals surface area contributed by atoms with E-state index in [1.807, 2.05) is 58.9 Å². The largest absolute Gasteiger partial charge is 0.379 e. The molecule has 1 rings (SSSR count). The highest BCUT2D eigenvalue weighted by Crippen LogP contribution is 2.20. The molecule has 0 saturated heterocycles. The lowest BCUT2D eigenvalue weighted by atomic mass is 9.95. The molecule has 0 aliphatic heterocycles. The summed E-state index contributed by atoms with van der Waals surface area (Å²) >= 11 is 0. The van der Waals surface area contributed by atoms with Crippen LogP contribution in [0.5, 0.6) is 0 Å². The molecule has 3 heteroatoms. The average Bonchev–Trinajstić information content (AvgIpc) is 2.38. The number of ketones is 1. The summed E-state index contributed by atoms with van der Waals surface area (Å²) in [5.74, 6) is 0.00715. The summed E-state index contributed by atoms with van der Waals surface area (Å²) in [5.41, 5.74) is 0.774. The maximum Gasteiger partial charge on any atom is 0.194 e. The first-order valence-electron chi connectivity index (χ1n) is 6.98. The van der Waals surface area contributed by atoms with Crippen LogP contribution in [-0.2, 0) is 9.47 Å². The Morgan fingerprint density at radius 2 is 1.65 bits per heavy atom. The van der Waals surface area contributed by atoms with E-state index >= 15 is 0 Å². The Bertz CT molecular complexity index is 444. The monoisotopic (exact) mass is 278 g/mol. The Kier molecular flexibility index (Phi) is 5.49. The van der Waals surface area contributed by atoms with Crippen LogP contribution in [0.2, 0.25) is 0 Å². The number of benzene rings is 1. The number of methoxy groups -OCH3 is 1. The van der Waals surface area contributed by atoms with Crippen molar-refractivity contribution in [2.45, 2.75) is 52.2 Å². The van der Waals surface area contributed by atoms with Crippen LogP contribution in [0.15, 0.2) is 24.3 Å². The number of carbonyl (C=O) groups is 1. The van der Waals surface area contributed by atoms with Crippen molar-refractivity contribution in [3.8, 4) is 0 Å². The van der Waals surface area contributed by atoms with Crippen LogP contribution in [0.25, 0.3) is 0 Å². The highest BCUT2D eigenvalue weighted by molar-refractivity contribution is 6.01. The SMILES string of the molecule is COC(C)(C)CCOC(C)(C)C(=O)c1ccc(C)cc1. The predicted molar refractivity (Wildman–Crippen MR) is 81.2 cm³/mol. The first-order valence-corrected chi connectivity index (χ1v) is 6.98. The highest BCUT2D eigenvalue weighted by atomic mass is 16.5. The van der Waals surface area contributed by atoms with Crippen molar-refractivity contribution in [2.24, 2.45) is 0 Å². The number of ether oxygens (including phenoxy) is 2. The Labute approximate surface area is 122 Å². The molecule has 0 atom stereocenters. The van der Waals surface area contributed by atoms with Gasteiger partial charge in [-0.1, -0.05) is 29.8 Å². The third kappa shape index (κ3) is 4.73. The van der Waals surface area contributed by atoms with Crippen LogP contribution in [-0.4, -0.2) is 30.7 Å². The summed E-state index contributed by atoms with van der Waals surface area (Å²) in [6.45, 7) is 10.1. The fourth-order valence-corrected chi connectivity index (χ4v) is 1.77. The normalized spacial score (nSPS) is 12.5. The maximum absolute atomic E-state index is 12.4. The van der Waals surface area contributed by atoms with Gasteiger partial charge in [-0.3, -0.25) is 4.79 Å². The zero-order valence-electron chi connectivity index (χ0n) is 13.4. The second-order valence-corrected chi connectivity index (χ2v) is 6.27. The molecule has 0 aliphatic carbocycles. The van der Waals surface area contributed by atoms with Gasteiger partial charge in [0.05, 0.1) is 12.2 Å². The Morgan fingerprint density at radius 3 is 2.15 bits per heavy atom. The minimum Gasteiger partial charge on any atom is -0.379 e. The van der Waals surface area contributed by atoms with Gasteiger partial charge in [-0.2, -0.15) is 0 Å². The van der Waals surface area contributed by atoms with E-state index in [0.29, 0.717) is 12.2 Å². The average molecular weight is 278 g/mol. The molecular formula is C17H26O3. The molecule has 0 bridgehead atoms. The lowest BCUT2D eigenvalue weighted by Gasteiger charge is -2.28. The van der Waals surface area contributed by atoms with Crippen LogP contribution >= 0.6 is 0 Å². The quantitative estimate of drug-likeness (QED) is 0.712. The van der Waals surface area contributed by atoms with Gasteiger partial charge in [0.15, 0.2) is 5.78 Å². The summed E-state index contributed by atoms with van der Waals surface area (Å²) < 4.78 is 11.1. The lowest BCUT2D eigenvalue weighted by Crippen LogP contribution is -2.37. The minimum absolute atomic E-state index is 0.00715. The van der Waals surface area contributed by atoms with Crippen molar-refractivity contribution in [1.82, 2.24) is 0 Å². The molecule has 112 valence electrons. The Hall–Kier alpha value is -1.19. The van der Waals surface area contributed by atoms with E-state index in [9.17, 15) is 4.79 Å². The van der Waals surface area contributed by atoms with E-state index in [1.165, 1.54) is 0 Å². The van der Waals surface area contributed by atoms with Crippen molar-refractivity contribution >= 4 is 5.78 Å². The van der Waals surface area contributed by atoms with Crippen LogP contribution < -0.4 is 0 Å². The zero-order chi connectivity index (χ0) is 15.4. The number of rotatable bonds is 7. The van der Waals surface area contributed by atoms with E-state index in [-0.39, 0.29) is 11.4 Å². The van der Waals surface area contributed by atoms with Crippen LogP contribution in [0.3, 0.4) is 0 Å². The molecule has 0 aliphatic rings. The van der Waals surface area contributed by atoms with Gasteiger partial charge in [-0.15, -0.1) is 0 Å². The molecule has 1 aromatic carbocycles. The molecule has 0 fully saturated rings. The Morgan fingerprint density at radius 1 is 1.10 bits per heavy atom. The third-order valence-corrected chi connectivity index (χ3v) is 3.58. The molecule has 0 aromatic heterocycles. The second-order valence-electron chi connectivity index (χ2n) is 6.27. The first-order chi connectivity index (χ1) is 9.18. The molecule has 0 radical (unpaired) electrons. The van der Waals surface area contributed by atoms with Crippen molar-refractivity contribution in [3.63, 3.8) is 0 Å². The summed E-state index contributed by atoms with van der Waals surface area (Å²) in [4.78, 5) is 12.4. The van der Waals surface area contributed by atoms with Crippen molar-refractivity contribution in [1.29, 1.82) is 0 Å². The molecule has 1 aromatic rings. The zero-order valence-corrected chi connectivity index (χ0v) is 13.4. The molecule has 3 nitrogen and oxygen atoms in total. The van der Waals surface area contributed by atoms with Gasteiger partial charge in [0.25, 0.3) is 0 Å². The van der Waals surface area contributed by atoms with Crippen LogP contribution in [0.1, 0.15) is 50.0 Å². The van der Waals surface area contributed by atoms with Gasteiger partial charge >= 0.3 is 0 Å². The molecule has 0 unspecified atom stereocenters. The fraction of sp³-hybridized carbons (Fsp3) is 0.588. The van der Waals surface area contributed by atoms with Gasteiger partial charge < -0.3 is 9.47 Å². The fourth-order valence-electron chi connectivity index (χ4n) is 1.77. The summed E-state index contributed by atoms with van der Waals surface area (Å²) in [6, 6.07) is 7.58. The molecule has 0 N–H and O–H groups in total. The lowest BCUT2D eigenvalue weighted by molar-refractivity contribution is -0.0455. The summed E-state index contributed by atoms with van der Waals surface area (Å²) in [7, 11) is 1.68.